The van der Waals surface area contributed by atoms with Gasteiger partial charge < -0.3 is 14.8 Å². The summed E-state index contributed by atoms with van der Waals surface area (Å²) in [5.41, 5.74) is 1.19. The number of ether oxygens (including phenoxy) is 2. The zero-order chi connectivity index (χ0) is 14.4. The number of methoxy groups -OCH3 is 2. The summed E-state index contributed by atoms with van der Waals surface area (Å²) in [5, 5.41) is 4.51. The maximum absolute atomic E-state index is 5.44. The van der Waals surface area contributed by atoms with Gasteiger partial charge in [-0.05, 0) is 31.1 Å². The minimum Gasteiger partial charge on any atom is -0.497 e. The molecule has 0 spiro atoms. The Balaban J connectivity index is 1.88. The van der Waals surface area contributed by atoms with Gasteiger partial charge in [-0.15, -0.1) is 0 Å². The monoisotopic (exact) mass is 295 g/mol. The fourth-order valence-electron chi connectivity index (χ4n) is 2.76. The molecule has 0 saturated heterocycles. The molecule has 1 aliphatic rings. The molecule has 0 amide bonds. The van der Waals surface area contributed by atoms with E-state index in [4.69, 9.17) is 9.47 Å². The van der Waals surface area contributed by atoms with Crippen LogP contribution >= 0.6 is 11.8 Å². The molecule has 2 atom stereocenters. The maximum atomic E-state index is 5.44. The van der Waals surface area contributed by atoms with Crippen LogP contribution in [-0.4, -0.2) is 31.3 Å². The van der Waals surface area contributed by atoms with E-state index < -0.39 is 0 Å². The Morgan fingerprint density at radius 1 is 1.25 bits per heavy atom. The molecular formula is C16H25NO2S. The molecule has 0 bridgehead atoms. The molecule has 20 heavy (non-hydrogen) atoms. The first kappa shape index (κ1) is 15.5. The van der Waals surface area contributed by atoms with Crippen molar-refractivity contribution in [3.05, 3.63) is 23.8 Å². The van der Waals surface area contributed by atoms with Gasteiger partial charge in [-0.25, -0.2) is 0 Å². The lowest BCUT2D eigenvalue weighted by molar-refractivity contribution is 0.388. The van der Waals surface area contributed by atoms with Gasteiger partial charge in [0.2, 0.25) is 0 Å². The highest BCUT2D eigenvalue weighted by atomic mass is 32.2. The summed E-state index contributed by atoms with van der Waals surface area (Å²) in [6, 6.07) is 6.66. The molecule has 2 unspecified atom stereocenters. The Kier molecular flexibility index (Phi) is 6.05. The average molecular weight is 295 g/mol. The minimum atomic E-state index is 0.644. The van der Waals surface area contributed by atoms with Crippen LogP contribution in [0.25, 0.3) is 0 Å². The summed E-state index contributed by atoms with van der Waals surface area (Å²) in [7, 11) is 3.39. The second-order valence-electron chi connectivity index (χ2n) is 5.15. The van der Waals surface area contributed by atoms with Crippen molar-refractivity contribution in [2.45, 2.75) is 44.0 Å². The summed E-state index contributed by atoms with van der Waals surface area (Å²) in [6.45, 7) is 3.11. The Bertz CT molecular complexity index is 425. The van der Waals surface area contributed by atoms with Crippen molar-refractivity contribution in [2.24, 2.45) is 0 Å². The molecule has 0 aliphatic heterocycles. The normalized spacial score (nSPS) is 21.9. The zero-order valence-corrected chi connectivity index (χ0v) is 13.5. The van der Waals surface area contributed by atoms with Crippen LogP contribution in [0.5, 0.6) is 11.5 Å². The zero-order valence-electron chi connectivity index (χ0n) is 12.6. The quantitative estimate of drug-likeness (QED) is 0.834. The van der Waals surface area contributed by atoms with E-state index in [1.54, 1.807) is 14.2 Å². The first-order valence-electron chi connectivity index (χ1n) is 7.32. The van der Waals surface area contributed by atoms with Gasteiger partial charge in [0, 0.05) is 29.5 Å². The van der Waals surface area contributed by atoms with Gasteiger partial charge in [-0.1, -0.05) is 13.0 Å². The Morgan fingerprint density at radius 2 is 2.10 bits per heavy atom. The third-order valence-corrected chi connectivity index (χ3v) is 5.10. The molecule has 3 nitrogen and oxygen atoms in total. The van der Waals surface area contributed by atoms with E-state index in [-0.39, 0.29) is 0 Å². The lowest BCUT2D eigenvalue weighted by Gasteiger charge is -2.15. The van der Waals surface area contributed by atoms with E-state index in [0.717, 1.165) is 23.3 Å². The van der Waals surface area contributed by atoms with E-state index in [2.05, 4.69) is 30.1 Å². The molecule has 0 radical (unpaired) electrons. The van der Waals surface area contributed by atoms with Crippen molar-refractivity contribution in [2.75, 3.05) is 20.0 Å². The van der Waals surface area contributed by atoms with E-state index >= 15 is 0 Å². The molecule has 1 N–H and O–H groups in total. The van der Waals surface area contributed by atoms with Crippen molar-refractivity contribution in [1.29, 1.82) is 0 Å². The van der Waals surface area contributed by atoms with Crippen LogP contribution in [0.4, 0.5) is 0 Å². The summed E-state index contributed by atoms with van der Waals surface area (Å²) in [5.74, 6) is 2.96. The number of rotatable bonds is 7. The highest BCUT2D eigenvalue weighted by Crippen LogP contribution is 2.30. The van der Waals surface area contributed by atoms with Gasteiger partial charge in [-0.2, -0.15) is 11.8 Å². The summed E-state index contributed by atoms with van der Waals surface area (Å²) in [4.78, 5) is 0. The maximum Gasteiger partial charge on any atom is 0.127 e. The second kappa shape index (κ2) is 7.79. The number of thioether (sulfide) groups is 1. The molecule has 2 rings (SSSR count). The molecule has 0 heterocycles. The predicted octanol–water partition coefficient (Wildman–Crippen LogP) is 3.47. The number of hydrogen-bond donors (Lipinski definition) is 1. The standard InChI is InChI=1S/C16H25NO2S/c1-4-20-15-8-6-13(9-15)17-11-12-5-7-14(18-2)10-16(12)19-3/h5,7,10,13,15,17H,4,6,8-9,11H2,1-3H3. The van der Waals surface area contributed by atoms with Gasteiger partial charge >= 0.3 is 0 Å². The Morgan fingerprint density at radius 3 is 2.80 bits per heavy atom. The van der Waals surface area contributed by atoms with E-state index in [0.29, 0.717) is 6.04 Å². The molecular weight excluding hydrogens is 270 g/mol. The number of hydrogen-bond acceptors (Lipinski definition) is 4. The molecule has 1 aliphatic carbocycles. The van der Waals surface area contributed by atoms with Gasteiger partial charge in [0.05, 0.1) is 14.2 Å². The van der Waals surface area contributed by atoms with Crippen LogP contribution in [0.15, 0.2) is 18.2 Å². The largest absolute Gasteiger partial charge is 0.497 e. The van der Waals surface area contributed by atoms with E-state index in [1.165, 1.54) is 30.6 Å². The first-order valence-corrected chi connectivity index (χ1v) is 8.37. The molecule has 0 aromatic heterocycles. The van der Waals surface area contributed by atoms with Gasteiger partial charge in [0.25, 0.3) is 0 Å². The van der Waals surface area contributed by atoms with Crippen molar-refractivity contribution in [3.63, 3.8) is 0 Å². The van der Waals surface area contributed by atoms with E-state index in [1.807, 2.05) is 12.1 Å². The van der Waals surface area contributed by atoms with Gasteiger partial charge in [0.15, 0.2) is 0 Å². The first-order chi connectivity index (χ1) is 9.76. The summed E-state index contributed by atoms with van der Waals surface area (Å²) in [6.07, 6.45) is 3.92. The van der Waals surface area contributed by atoms with Crippen molar-refractivity contribution < 1.29 is 9.47 Å². The summed E-state index contributed by atoms with van der Waals surface area (Å²) >= 11 is 2.10. The predicted molar refractivity (Wildman–Crippen MR) is 85.9 cm³/mol. The van der Waals surface area contributed by atoms with Crippen LogP contribution in [0.3, 0.4) is 0 Å². The SMILES string of the molecule is CCSC1CCC(NCc2ccc(OC)cc2OC)C1. The van der Waals surface area contributed by atoms with Gasteiger partial charge in [0.1, 0.15) is 11.5 Å². The topological polar surface area (TPSA) is 30.5 Å². The van der Waals surface area contributed by atoms with Crippen molar-refractivity contribution >= 4 is 11.8 Å². The van der Waals surface area contributed by atoms with Crippen molar-refractivity contribution in [3.8, 4) is 11.5 Å². The lowest BCUT2D eigenvalue weighted by Crippen LogP contribution is -2.26. The fraction of sp³-hybridized carbons (Fsp3) is 0.625. The highest BCUT2D eigenvalue weighted by Gasteiger charge is 2.24. The Labute approximate surface area is 126 Å². The summed E-state index contributed by atoms with van der Waals surface area (Å²) < 4.78 is 10.7. The second-order valence-corrected chi connectivity index (χ2v) is 6.72. The van der Waals surface area contributed by atoms with Crippen LogP contribution in [0.1, 0.15) is 31.7 Å². The third-order valence-electron chi connectivity index (χ3n) is 3.86. The molecule has 1 fully saturated rings. The van der Waals surface area contributed by atoms with Crippen LogP contribution < -0.4 is 14.8 Å². The van der Waals surface area contributed by atoms with Gasteiger partial charge in [-0.3, -0.25) is 0 Å². The van der Waals surface area contributed by atoms with Crippen LogP contribution in [-0.2, 0) is 6.54 Å². The molecule has 112 valence electrons. The minimum absolute atomic E-state index is 0.644. The lowest BCUT2D eigenvalue weighted by atomic mass is 10.1. The number of benzene rings is 1. The third kappa shape index (κ3) is 4.06. The fourth-order valence-corrected chi connectivity index (χ4v) is 3.91. The average Bonchev–Trinajstić information content (AvgIpc) is 2.93. The van der Waals surface area contributed by atoms with E-state index in [9.17, 15) is 0 Å². The molecule has 1 aromatic carbocycles. The van der Waals surface area contributed by atoms with Crippen LogP contribution in [0, 0.1) is 0 Å². The molecule has 4 heteroatoms. The number of nitrogens with one attached hydrogen (secondary N) is 1. The van der Waals surface area contributed by atoms with Crippen LogP contribution in [0.2, 0.25) is 0 Å². The highest BCUT2D eigenvalue weighted by molar-refractivity contribution is 7.99. The molecule has 1 saturated carbocycles. The smallest absolute Gasteiger partial charge is 0.127 e. The van der Waals surface area contributed by atoms with Crippen molar-refractivity contribution in [1.82, 2.24) is 5.32 Å². The Hall–Kier alpha value is -0.870. The molecule has 1 aromatic rings.